The number of ether oxygens (including phenoxy) is 3. The smallest absolute Gasteiger partial charge is 0.416 e. The Morgan fingerprint density at radius 1 is 1.16 bits per heavy atom. The molecule has 8 nitrogen and oxygen atoms in total. The Morgan fingerprint density at radius 2 is 1.81 bits per heavy atom. The maximum absolute atomic E-state index is 13.3. The van der Waals surface area contributed by atoms with Gasteiger partial charge in [-0.15, -0.1) is 0 Å². The van der Waals surface area contributed by atoms with Crippen LogP contribution in [0.2, 0.25) is 0 Å². The van der Waals surface area contributed by atoms with Crippen molar-refractivity contribution in [3.63, 3.8) is 0 Å². The van der Waals surface area contributed by atoms with Crippen LogP contribution in [-0.2, 0) is 25.4 Å². The summed E-state index contributed by atoms with van der Waals surface area (Å²) in [7, 11) is 0. The van der Waals surface area contributed by atoms with Gasteiger partial charge in [0.15, 0.2) is 0 Å². The van der Waals surface area contributed by atoms with E-state index in [0.717, 1.165) is 5.56 Å². The third-order valence-corrected chi connectivity index (χ3v) is 5.72. The van der Waals surface area contributed by atoms with Crippen LogP contribution in [0.25, 0.3) is 0 Å². The van der Waals surface area contributed by atoms with E-state index in [-0.39, 0.29) is 24.6 Å². The fourth-order valence-corrected chi connectivity index (χ4v) is 4.25. The molecule has 8 heteroatoms. The molecule has 176 valence electrons. The molecule has 1 aromatic carbocycles. The van der Waals surface area contributed by atoms with Gasteiger partial charge in [0.2, 0.25) is 5.91 Å². The van der Waals surface area contributed by atoms with Crippen LogP contribution >= 0.6 is 0 Å². The largest absolute Gasteiger partial charge is 0.447 e. The molecule has 3 atom stereocenters. The van der Waals surface area contributed by atoms with Crippen LogP contribution < -0.4 is 0 Å². The van der Waals surface area contributed by atoms with E-state index in [1.54, 1.807) is 25.7 Å². The molecule has 3 rings (SSSR count). The van der Waals surface area contributed by atoms with Crippen molar-refractivity contribution in [1.29, 1.82) is 0 Å². The second-order valence-electron chi connectivity index (χ2n) is 10.0. The lowest BCUT2D eigenvalue weighted by atomic mass is 9.98. The summed E-state index contributed by atoms with van der Waals surface area (Å²) >= 11 is 0. The molecule has 2 fully saturated rings. The summed E-state index contributed by atoms with van der Waals surface area (Å²) in [6.07, 6.45) is -0.209. The number of hydrogen-bond acceptors (Lipinski definition) is 6. The van der Waals surface area contributed by atoms with Gasteiger partial charge in [-0.1, -0.05) is 37.3 Å². The first-order chi connectivity index (χ1) is 14.9. The number of carbonyl (C=O) groups is 3. The second kappa shape index (κ2) is 9.10. The molecule has 0 saturated carbocycles. The molecule has 3 amide bonds. The highest BCUT2D eigenvalue weighted by Gasteiger charge is 2.47. The van der Waals surface area contributed by atoms with Gasteiger partial charge in [-0.25, -0.2) is 14.5 Å². The van der Waals surface area contributed by atoms with Crippen molar-refractivity contribution in [3.05, 3.63) is 35.9 Å². The Morgan fingerprint density at radius 3 is 2.44 bits per heavy atom. The van der Waals surface area contributed by atoms with E-state index in [9.17, 15) is 14.4 Å². The predicted octanol–water partition coefficient (Wildman–Crippen LogP) is 3.97. The van der Waals surface area contributed by atoms with Crippen molar-refractivity contribution in [1.82, 2.24) is 9.80 Å². The molecule has 0 unspecified atom stereocenters. The zero-order valence-corrected chi connectivity index (χ0v) is 19.8. The summed E-state index contributed by atoms with van der Waals surface area (Å²) in [6, 6.07) is 9.01. The first kappa shape index (κ1) is 24.0. The monoisotopic (exact) mass is 446 g/mol. The highest BCUT2D eigenvalue weighted by atomic mass is 16.6. The summed E-state index contributed by atoms with van der Waals surface area (Å²) in [5, 5.41) is 0. The molecule has 1 aromatic rings. The molecule has 2 heterocycles. The van der Waals surface area contributed by atoms with Crippen LogP contribution in [0.15, 0.2) is 30.3 Å². The first-order valence-corrected chi connectivity index (χ1v) is 11.1. The maximum atomic E-state index is 13.3. The average molecular weight is 447 g/mol. The number of cyclic esters (lactones) is 1. The zero-order valence-electron chi connectivity index (χ0n) is 19.8. The topological polar surface area (TPSA) is 85.4 Å². The molecule has 0 spiro atoms. The molecule has 32 heavy (non-hydrogen) atoms. The number of benzene rings is 1. The summed E-state index contributed by atoms with van der Waals surface area (Å²) < 4.78 is 16.6. The summed E-state index contributed by atoms with van der Waals surface area (Å²) in [6.45, 7) is 11.3. The molecule has 0 radical (unpaired) electrons. The number of rotatable bonds is 5. The number of imide groups is 1. The normalized spacial score (nSPS) is 23.8. The summed E-state index contributed by atoms with van der Waals surface area (Å²) in [5.74, 6) is -0.811. The van der Waals surface area contributed by atoms with Crippen LogP contribution in [0.5, 0.6) is 0 Å². The fraction of sp³-hybridized carbons (Fsp3) is 0.625. The van der Waals surface area contributed by atoms with E-state index in [1.165, 1.54) is 4.90 Å². The van der Waals surface area contributed by atoms with Crippen molar-refractivity contribution in [2.45, 2.75) is 77.8 Å². The zero-order chi connectivity index (χ0) is 23.7. The van der Waals surface area contributed by atoms with Gasteiger partial charge in [0, 0.05) is 5.92 Å². The quantitative estimate of drug-likeness (QED) is 0.680. The molecule has 0 bridgehead atoms. The molecule has 0 aliphatic carbocycles. The van der Waals surface area contributed by atoms with E-state index in [2.05, 4.69) is 0 Å². The van der Waals surface area contributed by atoms with Gasteiger partial charge in [-0.2, -0.15) is 0 Å². The number of amides is 3. The van der Waals surface area contributed by atoms with E-state index in [1.807, 2.05) is 51.1 Å². The van der Waals surface area contributed by atoms with Gasteiger partial charge in [0.05, 0.1) is 18.7 Å². The molecular weight excluding hydrogens is 412 g/mol. The molecule has 0 N–H and O–H groups in total. The minimum absolute atomic E-state index is 0.176. The van der Waals surface area contributed by atoms with Crippen molar-refractivity contribution < 1.29 is 28.6 Å². The number of nitrogens with zero attached hydrogens (tertiary/aromatic N) is 2. The minimum atomic E-state index is -0.849. The van der Waals surface area contributed by atoms with Crippen molar-refractivity contribution in [2.24, 2.45) is 5.92 Å². The highest BCUT2D eigenvalue weighted by Crippen LogP contribution is 2.33. The fourth-order valence-electron chi connectivity index (χ4n) is 4.25. The third kappa shape index (κ3) is 5.41. The Balaban J connectivity index is 1.70. The minimum Gasteiger partial charge on any atom is -0.447 e. The van der Waals surface area contributed by atoms with Gasteiger partial charge in [-0.3, -0.25) is 9.69 Å². The van der Waals surface area contributed by atoms with E-state index in [0.29, 0.717) is 19.4 Å². The van der Waals surface area contributed by atoms with Crippen LogP contribution in [0, 0.1) is 5.92 Å². The Hall–Kier alpha value is -2.61. The van der Waals surface area contributed by atoms with Crippen molar-refractivity contribution in [3.8, 4) is 0 Å². The molecule has 0 aromatic heterocycles. The molecule has 2 saturated heterocycles. The number of hydrogen-bond donors (Lipinski definition) is 0. The van der Waals surface area contributed by atoms with Gasteiger partial charge in [-0.05, 0) is 53.0 Å². The van der Waals surface area contributed by atoms with E-state index in [4.69, 9.17) is 14.2 Å². The Bertz CT molecular complexity index is 848. The lowest BCUT2D eigenvalue weighted by molar-refractivity contribution is -0.133. The van der Waals surface area contributed by atoms with Gasteiger partial charge in [0.25, 0.3) is 0 Å². The Labute approximate surface area is 189 Å². The van der Waals surface area contributed by atoms with Gasteiger partial charge in [0.1, 0.15) is 17.9 Å². The standard InChI is InChI=1S/C24H34N2O6/c1-16(12-19-15-31-24(5,6)26(19)22(29)32-23(2,3)4)20(27)25-18(14-30-21(25)28)13-17-10-8-7-9-11-17/h7-11,16,18-19H,12-15H2,1-6H3/t16-,18-,19+/m0/s1. The van der Waals surface area contributed by atoms with E-state index < -0.39 is 29.4 Å². The summed E-state index contributed by atoms with van der Waals surface area (Å²) in [4.78, 5) is 41.3. The van der Waals surface area contributed by atoms with Gasteiger partial charge < -0.3 is 14.2 Å². The average Bonchev–Trinajstić information content (AvgIpc) is 3.19. The van der Waals surface area contributed by atoms with Crippen LogP contribution in [0.4, 0.5) is 9.59 Å². The molecular formula is C24H34N2O6. The van der Waals surface area contributed by atoms with Crippen LogP contribution in [0.3, 0.4) is 0 Å². The second-order valence-corrected chi connectivity index (χ2v) is 10.0. The highest BCUT2D eigenvalue weighted by molar-refractivity contribution is 5.94. The number of carbonyl (C=O) groups excluding carboxylic acids is 3. The lowest BCUT2D eigenvalue weighted by Crippen LogP contribution is -2.51. The van der Waals surface area contributed by atoms with E-state index >= 15 is 0 Å². The molecule has 2 aliphatic rings. The predicted molar refractivity (Wildman–Crippen MR) is 118 cm³/mol. The molecule has 2 aliphatic heterocycles. The third-order valence-electron chi connectivity index (χ3n) is 5.72. The Kier molecular flexibility index (Phi) is 6.83. The van der Waals surface area contributed by atoms with Gasteiger partial charge >= 0.3 is 12.2 Å². The lowest BCUT2D eigenvalue weighted by Gasteiger charge is -2.36. The van der Waals surface area contributed by atoms with Crippen LogP contribution in [0.1, 0.15) is 53.5 Å². The summed E-state index contributed by atoms with van der Waals surface area (Å²) in [5.41, 5.74) is -0.465. The first-order valence-electron chi connectivity index (χ1n) is 11.1. The van der Waals surface area contributed by atoms with Crippen molar-refractivity contribution >= 4 is 18.1 Å². The van der Waals surface area contributed by atoms with Crippen LogP contribution in [-0.4, -0.2) is 64.5 Å². The SMILES string of the molecule is C[C@@H](C[C@@H]1COC(C)(C)N1C(=O)OC(C)(C)C)C(=O)N1C(=O)OC[C@@H]1Cc1ccccc1. The van der Waals surface area contributed by atoms with Crippen molar-refractivity contribution in [2.75, 3.05) is 13.2 Å². The maximum Gasteiger partial charge on any atom is 0.416 e.